The van der Waals surface area contributed by atoms with E-state index in [0.29, 0.717) is 0 Å². The minimum atomic E-state index is 0.892. The second-order valence-electron chi connectivity index (χ2n) is 2.52. The van der Waals surface area contributed by atoms with E-state index >= 15 is 0 Å². The summed E-state index contributed by atoms with van der Waals surface area (Å²) in [5, 5.41) is 0. The van der Waals surface area contributed by atoms with Crippen molar-refractivity contribution in [3.63, 3.8) is 0 Å². The fourth-order valence-electron chi connectivity index (χ4n) is 0.651. The number of rotatable bonds is 3. The lowest BCUT2D eigenvalue weighted by molar-refractivity contribution is 0.306. The Bertz CT molecular complexity index is 181. The highest BCUT2D eigenvalue weighted by molar-refractivity contribution is 5.20. The average molecular weight is 152 g/mol. The van der Waals surface area contributed by atoms with Crippen LogP contribution in [0.25, 0.3) is 0 Å². The molecule has 0 aromatic heterocycles. The third-order valence-electron chi connectivity index (χ3n) is 1.12. The van der Waals surface area contributed by atoms with E-state index in [-0.39, 0.29) is 0 Å². The number of methoxy groups -OCH3 is 1. The molecule has 0 aliphatic heterocycles. The van der Waals surface area contributed by atoms with E-state index in [1.165, 1.54) is 5.57 Å². The molecule has 0 N–H and O–H groups in total. The third-order valence-corrected chi connectivity index (χ3v) is 1.12. The zero-order valence-electron chi connectivity index (χ0n) is 7.72. The van der Waals surface area contributed by atoms with Crippen molar-refractivity contribution in [1.82, 2.24) is 0 Å². The molecule has 0 amide bonds. The summed E-state index contributed by atoms with van der Waals surface area (Å²) < 4.78 is 5.10. The van der Waals surface area contributed by atoms with E-state index in [0.717, 1.165) is 5.76 Å². The molecule has 0 aliphatic carbocycles. The predicted molar refractivity (Wildman–Crippen MR) is 49.3 cm³/mol. The molecular weight excluding hydrogens is 136 g/mol. The number of ether oxygens (including phenoxy) is 1. The van der Waals surface area contributed by atoms with E-state index in [1.807, 2.05) is 45.1 Å². The van der Waals surface area contributed by atoms with Crippen LogP contribution in [-0.2, 0) is 4.74 Å². The fourth-order valence-corrected chi connectivity index (χ4v) is 0.651. The zero-order valence-corrected chi connectivity index (χ0v) is 7.72. The SMILES string of the molecule is C/C=C\C=C(/C=C(C)C)OC. The molecule has 0 unspecified atom stereocenters. The smallest absolute Gasteiger partial charge is 0.118 e. The highest BCUT2D eigenvalue weighted by Gasteiger charge is 1.86. The Morgan fingerprint density at radius 1 is 1.27 bits per heavy atom. The molecule has 1 nitrogen and oxygen atoms in total. The molecule has 0 aliphatic rings. The molecule has 62 valence electrons. The standard InChI is InChI=1S/C10H16O/c1-5-6-7-10(11-4)8-9(2)3/h5-8H,1-4H3/b6-5-,10-7+. The monoisotopic (exact) mass is 152 g/mol. The van der Waals surface area contributed by atoms with Crippen LogP contribution in [0.4, 0.5) is 0 Å². The molecule has 0 aromatic rings. The van der Waals surface area contributed by atoms with Gasteiger partial charge in [-0.25, -0.2) is 0 Å². The lowest BCUT2D eigenvalue weighted by Crippen LogP contribution is -1.81. The molecular formula is C10H16O. The molecule has 0 spiro atoms. The van der Waals surface area contributed by atoms with Crippen LogP contribution < -0.4 is 0 Å². The van der Waals surface area contributed by atoms with Gasteiger partial charge in [0, 0.05) is 0 Å². The van der Waals surface area contributed by atoms with Crippen LogP contribution in [0.3, 0.4) is 0 Å². The van der Waals surface area contributed by atoms with Crippen molar-refractivity contribution >= 4 is 0 Å². The van der Waals surface area contributed by atoms with E-state index in [4.69, 9.17) is 4.74 Å². The summed E-state index contributed by atoms with van der Waals surface area (Å²) >= 11 is 0. The quantitative estimate of drug-likeness (QED) is 0.446. The van der Waals surface area contributed by atoms with E-state index in [9.17, 15) is 0 Å². The van der Waals surface area contributed by atoms with Crippen LogP contribution in [0.1, 0.15) is 20.8 Å². The Labute approximate surface area is 69.1 Å². The summed E-state index contributed by atoms with van der Waals surface area (Å²) in [4.78, 5) is 0. The predicted octanol–water partition coefficient (Wildman–Crippen LogP) is 3.06. The fraction of sp³-hybridized carbons (Fsp3) is 0.400. The molecule has 0 atom stereocenters. The summed E-state index contributed by atoms with van der Waals surface area (Å²) in [6.07, 6.45) is 7.86. The minimum absolute atomic E-state index is 0.892. The summed E-state index contributed by atoms with van der Waals surface area (Å²) in [5.74, 6) is 0.892. The Morgan fingerprint density at radius 3 is 2.27 bits per heavy atom. The first-order valence-electron chi connectivity index (χ1n) is 3.72. The zero-order chi connectivity index (χ0) is 8.69. The van der Waals surface area contributed by atoms with Gasteiger partial charge in [-0.3, -0.25) is 0 Å². The Morgan fingerprint density at radius 2 is 1.91 bits per heavy atom. The Kier molecular flexibility index (Phi) is 5.26. The molecule has 0 heterocycles. The first-order valence-corrected chi connectivity index (χ1v) is 3.72. The van der Waals surface area contributed by atoms with Crippen LogP contribution in [0.5, 0.6) is 0 Å². The number of allylic oxidation sites excluding steroid dienone is 5. The highest BCUT2D eigenvalue weighted by atomic mass is 16.5. The van der Waals surface area contributed by atoms with Gasteiger partial charge in [-0.05, 0) is 32.9 Å². The topological polar surface area (TPSA) is 9.23 Å². The first kappa shape index (κ1) is 10.0. The van der Waals surface area contributed by atoms with Crippen LogP contribution >= 0.6 is 0 Å². The van der Waals surface area contributed by atoms with Crippen molar-refractivity contribution in [3.8, 4) is 0 Å². The van der Waals surface area contributed by atoms with Crippen molar-refractivity contribution in [2.24, 2.45) is 0 Å². The normalized spacial score (nSPS) is 11.8. The van der Waals surface area contributed by atoms with Crippen molar-refractivity contribution in [3.05, 3.63) is 35.6 Å². The minimum Gasteiger partial charge on any atom is -0.497 e. The second kappa shape index (κ2) is 5.78. The van der Waals surface area contributed by atoms with Crippen LogP contribution in [0.15, 0.2) is 35.6 Å². The molecule has 0 bridgehead atoms. The summed E-state index contributed by atoms with van der Waals surface area (Å²) in [5.41, 5.74) is 1.24. The second-order valence-corrected chi connectivity index (χ2v) is 2.52. The molecule has 0 saturated heterocycles. The van der Waals surface area contributed by atoms with E-state index < -0.39 is 0 Å². The molecule has 11 heavy (non-hydrogen) atoms. The number of hydrogen-bond donors (Lipinski definition) is 0. The van der Waals surface area contributed by atoms with Crippen LogP contribution in [0.2, 0.25) is 0 Å². The first-order chi connectivity index (χ1) is 5.20. The molecule has 0 saturated carbocycles. The third kappa shape index (κ3) is 5.46. The van der Waals surface area contributed by atoms with Gasteiger partial charge in [0.15, 0.2) is 0 Å². The van der Waals surface area contributed by atoms with Gasteiger partial charge in [-0.1, -0.05) is 17.7 Å². The summed E-state index contributed by atoms with van der Waals surface area (Å²) in [6, 6.07) is 0. The molecule has 1 heteroatoms. The van der Waals surface area contributed by atoms with Crippen molar-refractivity contribution in [2.45, 2.75) is 20.8 Å². The lowest BCUT2D eigenvalue weighted by Gasteiger charge is -1.98. The van der Waals surface area contributed by atoms with E-state index in [1.54, 1.807) is 7.11 Å². The largest absolute Gasteiger partial charge is 0.497 e. The maximum Gasteiger partial charge on any atom is 0.118 e. The van der Waals surface area contributed by atoms with Gasteiger partial charge in [0.2, 0.25) is 0 Å². The van der Waals surface area contributed by atoms with Gasteiger partial charge in [0.25, 0.3) is 0 Å². The van der Waals surface area contributed by atoms with Gasteiger partial charge < -0.3 is 4.74 Å². The molecule has 0 fully saturated rings. The van der Waals surface area contributed by atoms with Gasteiger partial charge in [0.05, 0.1) is 7.11 Å². The summed E-state index contributed by atoms with van der Waals surface area (Å²) in [7, 11) is 1.68. The van der Waals surface area contributed by atoms with Crippen molar-refractivity contribution in [2.75, 3.05) is 7.11 Å². The molecule has 0 rings (SSSR count). The average Bonchev–Trinajstić information content (AvgIpc) is 1.97. The van der Waals surface area contributed by atoms with Crippen molar-refractivity contribution in [1.29, 1.82) is 0 Å². The van der Waals surface area contributed by atoms with Crippen LogP contribution in [0, 0.1) is 0 Å². The van der Waals surface area contributed by atoms with Gasteiger partial charge in [-0.2, -0.15) is 0 Å². The number of hydrogen-bond acceptors (Lipinski definition) is 1. The molecule has 0 aromatic carbocycles. The van der Waals surface area contributed by atoms with Gasteiger partial charge in [-0.15, -0.1) is 0 Å². The maximum absolute atomic E-state index is 5.10. The maximum atomic E-state index is 5.10. The highest BCUT2D eigenvalue weighted by Crippen LogP contribution is 2.02. The van der Waals surface area contributed by atoms with Crippen LogP contribution in [-0.4, -0.2) is 7.11 Å². The Balaban J connectivity index is 4.28. The van der Waals surface area contributed by atoms with Gasteiger partial charge in [0.1, 0.15) is 5.76 Å². The lowest BCUT2D eigenvalue weighted by atomic mass is 10.3. The Hall–Kier alpha value is -0.980. The van der Waals surface area contributed by atoms with Gasteiger partial charge >= 0.3 is 0 Å². The van der Waals surface area contributed by atoms with E-state index in [2.05, 4.69) is 0 Å². The summed E-state index contributed by atoms with van der Waals surface area (Å²) in [6.45, 7) is 6.07. The molecule has 0 radical (unpaired) electrons. The van der Waals surface area contributed by atoms with Crippen molar-refractivity contribution < 1.29 is 4.74 Å².